The molecule has 2 aromatic rings. The summed E-state index contributed by atoms with van der Waals surface area (Å²) in [6.45, 7) is 0.722. The van der Waals surface area contributed by atoms with Gasteiger partial charge in [-0.2, -0.15) is 0 Å². The van der Waals surface area contributed by atoms with Gasteiger partial charge in [-0.15, -0.1) is 0 Å². The number of para-hydroxylation sites is 1. The highest BCUT2D eigenvalue weighted by Gasteiger charge is 2.51. The van der Waals surface area contributed by atoms with Crippen LogP contribution in [-0.2, 0) is 10.0 Å². The second kappa shape index (κ2) is 7.87. The molecule has 4 fully saturated rings. The van der Waals surface area contributed by atoms with Gasteiger partial charge < -0.3 is 4.90 Å². The van der Waals surface area contributed by atoms with E-state index in [1.807, 2.05) is 7.05 Å². The summed E-state index contributed by atoms with van der Waals surface area (Å²) in [5.74, 6) is 1.59. The van der Waals surface area contributed by atoms with E-state index >= 15 is 0 Å². The quantitative estimate of drug-likeness (QED) is 0.671. The fourth-order valence-corrected chi connectivity index (χ4v) is 7.94. The number of carbonyl (C=O) groups is 1. The molecule has 1 amide bonds. The standard InChI is InChI=1S/C25H29FN2O3S/c1-28(16-25-13-17-9-18(14-25)11-19(10-17)15-25)24(29)20-5-4-6-21(12-20)32(30,31)27-23-8-3-2-7-22(23)26/h2-8,12,17-19,27H,9-11,13-16H2,1H3. The van der Waals surface area contributed by atoms with Crippen LogP contribution >= 0.6 is 0 Å². The summed E-state index contributed by atoms with van der Waals surface area (Å²) in [7, 11) is -2.20. The molecular formula is C25H29FN2O3S. The molecule has 4 saturated carbocycles. The molecule has 4 bridgehead atoms. The Morgan fingerprint density at radius 1 is 1.03 bits per heavy atom. The van der Waals surface area contributed by atoms with Gasteiger partial charge in [-0.1, -0.05) is 18.2 Å². The predicted octanol–water partition coefficient (Wildman–Crippen LogP) is 4.91. The molecule has 0 aromatic heterocycles. The number of anilines is 1. The second-order valence-electron chi connectivity index (χ2n) is 10.2. The molecule has 6 rings (SSSR count). The number of halogens is 1. The normalized spacial score (nSPS) is 28.5. The van der Waals surface area contributed by atoms with Crippen molar-refractivity contribution in [2.24, 2.45) is 23.2 Å². The van der Waals surface area contributed by atoms with Crippen LogP contribution < -0.4 is 4.72 Å². The zero-order chi connectivity index (χ0) is 22.5. The van der Waals surface area contributed by atoms with Gasteiger partial charge in [0.25, 0.3) is 15.9 Å². The molecule has 4 aliphatic rings. The molecule has 7 heteroatoms. The predicted molar refractivity (Wildman–Crippen MR) is 121 cm³/mol. The molecule has 1 N–H and O–H groups in total. The van der Waals surface area contributed by atoms with E-state index in [1.165, 1.54) is 68.9 Å². The minimum absolute atomic E-state index is 0.0604. The van der Waals surface area contributed by atoms with E-state index in [-0.39, 0.29) is 21.9 Å². The van der Waals surface area contributed by atoms with Gasteiger partial charge >= 0.3 is 0 Å². The van der Waals surface area contributed by atoms with Gasteiger partial charge in [-0.25, -0.2) is 12.8 Å². The summed E-state index contributed by atoms with van der Waals surface area (Å²) >= 11 is 0. The maximum atomic E-state index is 13.9. The zero-order valence-corrected chi connectivity index (χ0v) is 19.1. The van der Waals surface area contributed by atoms with E-state index in [2.05, 4.69) is 4.72 Å². The Labute approximate surface area is 189 Å². The number of hydrogen-bond acceptors (Lipinski definition) is 3. The van der Waals surface area contributed by atoms with E-state index in [0.717, 1.165) is 24.3 Å². The third-order valence-electron chi connectivity index (χ3n) is 7.59. The van der Waals surface area contributed by atoms with Gasteiger partial charge in [-0.05, 0) is 92.0 Å². The highest BCUT2D eigenvalue weighted by atomic mass is 32.2. The largest absolute Gasteiger partial charge is 0.341 e. The Morgan fingerprint density at radius 3 is 2.28 bits per heavy atom. The number of nitrogens with one attached hydrogen (secondary N) is 1. The van der Waals surface area contributed by atoms with Crippen molar-refractivity contribution in [1.82, 2.24) is 4.90 Å². The summed E-state index contributed by atoms with van der Waals surface area (Å²) in [4.78, 5) is 14.9. The van der Waals surface area contributed by atoms with Gasteiger partial charge in [-0.3, -0.25) is 9.52 Å². The molecular weight excluding hydrogens is 427 g/mol. The molecule has 0 aliphatic heterocycles. The van der Waals surface area contributed by atoms with Gasteiger partial charge in [0.05, 0.1) is 10.6 Å². The highest BCUT2D eigenvalue weighted by Crippen LogP contribution is 2.60. The number of benzene rings is 2. The third-order valence-corrected chi connectivity index (χ3v) is 8.96. The van der Waals surface area contributed by atoms with Crippen molar-refractivity contribution in [3.05, 3.63) is 59.9 Å². The van der Waals surface area contributed by atoms with Crippen LogP contribution in [0.2, 0.25) is 0 Å². The van der Waals surface area contributed by atoms with Crippen molar-refractivity contribution in [2.45, 2.75) is 43.4 Å². The van der Waals surface area contributed by atoms with Crippen LogP contribution in [0.4, 0.5) is 10.1 Å². The minimum Gasteiger partial charge on any atom is -0.341 e. The Morgan fingerprint density at radius 2 is 1.66 bits per heavy atom. The van der Waals surface area contributed by atoms with Crippen molar-refractivity contribution in [1.29, 1.82) is 0 Å². The average Bonchev–Trinajstić information content (AvgIpc) is 2.73. The molecule has 0 unspecified atom stereocenters. The lowest BCUT2D eigenvalue weighted by Crippen LogP contribution is -2.51. The van der Waals surface area contributed by atoms with Crippen molar-refractivity contribution >= 4 is 21.6 Å². The van der Waals surface area contributed by atoms with Gasteiger partial charge in [0.1, 0.15) is 5.82 Å². The maximum absolute atomic E-state index is 13.9. The summed E-state index contributed by atoms with van der Waals surface area (Å²) < 4.78 is 41.8. The highest BCUT2D eigenvalue weighted by molar-refractivity contribution is 7.92. The second-order valence-corrected chi connectivity index (χ2v) is 11.9. The topological polar surface area (TPSA) is 66.5 Å². The molecule has 170 valence electrons. The zero-order valence-electron chi connectivity index (χ0n) is 18.3. The van der Waals surface area contributed by atoms with Crippen molar-refractivity contribution in [3.8, 4) is 0 Å². The molecule has 0 saturated heterocycles. The first-order valence-corrected chi connectivity index (χ1v) is 12.8. The van der Waals surface area contributed by atoms with Crippen LogP contribution in [0.1, 0.15) is 48.9 Å². The third kappa shape index (κ3) is 4.03. The van der Waals surface area contributed by atoms with E-state index in [9.17, 15) is 17.6 Å². The number of sulfonamides is 1. The Kier molecular flexibility index (Phi) is 5.27. The van der Waals surface area contributed by atoms with Crippen molar-refractivity contribution in [2.75, 3.05) is 18.3 Å². The fourth-order valence-electron chi connectivity index (χ4n) is 6.82. The van der Waals surface area contributed by atoms with Crippen LogP contribution in [0.25, 0.3) is 0 Å². The summed E-state index contributed by atoms with van der Waals surface area (Å²) in [6, 6.07) is 11.6. The Bertz CT molecular complexity index is 1110. The van der Waals surface area contributed by atoms with Crippen LogP contribution in [0.5, 0.6) is 0 Å². The average molecular weight is 457 g/mol. The lowest BCUT2D eigenvalue weighted by atomic mass is 9.49. The van der Waals surface area contributed by atoms with E-state index in [4.69, 9.17) is 0 Å². The number of hydrogen-bond donors (Lipinski definition) is 1. The molecule has 0 spiro atoms. The van der Waals surface area contributed by atoms with Gasteiger partial charge in [0.15, 0.2) is 0 Å². The minimum atomic E-state index is -4.02. The monoisotopic (exact) mass is 456 g/mol. The molecule has 0 radical (unpaired) electrons. The maximum Gasteiger partial charge on any atom is 0.262 e. The van der Waals surface area contributed by atoms with E-state index < -0.39 is 15.8 Å². The number of carbonyl (C=O) groups excluding carboxylic acids is 1. The Hall–Kier alpha value is -2.41. The fraction of sp³-hybridized carbons (Fsp3) is 0.480. The van der Waals surface area contributed by atoms with Crippen LogP contribution in [-0.4, -0.2) is 32.8 Å². The molecule has 4 aliphatic carbocycles. The first kappa shape index (κ1) is 21.4. The van der Waals surface area contributed by atoms with Crippen molar-refractivity contribution < 1.29 is 17.6 Å². The van der Waals surface area contributed by atoms with E-state index in [1.54, 1.807) is 23.1 Å². The SMILES string of the molecule is CN(CC12CC3CC(CC(C3)C1)C2)C(=O)c1cccc(S(=O)(=O)Nc2ccccc2F)c1. The lowest BCUT2D eigenvalue weighted by molar-refractivity contribution is -0.0629. The first-order chi connectivity index (χ1) is 15.2. The summed E-state index contributed by atoms with van der Waals surface area (Å²) in [6.07, 6.45) is 7.68. The summed E-state index contributed by atoms with van der Waals surface area (Å²) in [5.41, 5.74) is 0.423. The number of rotatable bonds is 6. The van der Waals surface area contributed by atoms with Crippen LogP contribution in [0, 0.1) is 29.0 Å². The number of amides is 1. The summed E-state index contributed by atoms with van der Waals surface area (Å²) in [5, 5.41) is 0. The van der Waals surface area contributed by atoms with Gasteiger partial charge in [0, 0.05) is 19.2 Å². The lowest BCUT2D eigenvalue weighted by Gasteiger charge is -2.57. The van der Waals surface area contributed by atoms with Crippen LogP contribution in [0.3, 0.4) is 0 Å². The molecule has 2 aromatic carbocycles. The van der Waals surface area contributed by atoms with Crippen LogP contribution in [0.15, 0.2) is 53.4 Å². The van der Waals surface area contributed by atoms with Crippen molar-refractivity contribution in [3.63, 3.8) is 0 Å². The molecule has 0 heterocycles. The molecule has 32 heavy (non-hydrogen) atoms. The Balaban J connectivity index is 1.33. The molecule has 0 atom stereocenters. The number of nitrogens with zero attached hydrogens (tertiary/aromatic N) is 1. The smallest absolute Gasteiger partial charge is 0.262 e. The molecule has 5 nitrogen and oxygen atoms in total. The van der Waals surface area contributed by atoms with E-state index in [0.29, 0.717) is 5.56 Å². The van der Waals surface area contributed by atoms with Gasteiger partial charge in [0.2, 0.25) is 0 Å². The first-order valence-electron chi connectivity index (χ1n) is 11.4.